The largest absolute Gasteiger partial charge is 0.494 e. The highest BCUT2D eigenvalue weighted by Crippen LogP contribution is 2.37. The summed E-state index contributed by atoms with van der Waals surface area (Å²) < 4.78 is 44.0. The lowest BCUT2D eigenvalue weighted by Crippen LogP contribution is -2.47. The monoisotopic (exact) mass is 472 g/mol. The molecule has 4 rings (SSSR count). The maximum atomic E-state index is 14.2. The first kappa shape index (κ1) is 22.8. The fourth-order valence-corrected chi connectivity index (χ4v) is 4.05. The van der Waals surface area contributed by atoms with Crippen LogP contribution in [0.4, 0.5) is 8.78 Å². The first-order valence-electron chi connectivity index (χ1n) is 10.1. The molecule has 0 aliphatic carbocycles. The summed E-state index contributed by atoms with van der Waals surface area (Å²) in [7, 11) is 3.00. The molecule has 1 aliphatic heterocycles. The Bertz CT molecular complexity index is 1210. The quantitative estimate of drug-likeness (QED) is 0.510. The molecule has 0 spiro atoms. The van der Waals surface area contributed by atoms with Crippen LogP contribution in [0, 0.1) is 11.6 Å². The van der Waals surface area contributed by atoms with Crippen LogP contribution in [0.3, 0.4) is 0 Å². The smallest absolute Gasteiger partial charge is 0.258 e. The third-order valence-electron chi connectivity index (χ3n) is 5.36. The number of hydrogen-bond donors (Lipinski definition) is 1. The second-order valence-electron chi connectivity index (χ2n) is 7.35. The lowest BCUT2D eigenvalue weighted by molar-refractivity contribution is 0.183. The van der Waals surface area contributed by atoms with Crippen molar-refractivity contribution in [3.63, 3.8) is 0 Å². The molecule has 1 unspecified atom stereocenters. The number of nitrogens with one attached hydrogen (secondary N) is 1. The van der Waals surface area contributed by atoms with Crippen molar-refractivity contribution < 1.29 is 22.8 Å². The van der Waals surface area contributed by atoms with Crippen molar-refractivity contribution in [1.82, 2.24) is 20.4 Å². The van der Waals surface area contributed by atoms with Gasteiger partial charge in [-0.05, 0) is 55.0 Å². The van der Waals surface area contributed by atoms with Gasteiger partial charge in [-0.3, -0.25) is 0 Å². The summed E-state index contributed by atoms with van der Waals surface area (Å²) in [6.07, 6.45) is 0. The molecular formula is C23H22F2N4O3S. The summed E-state index contributed by atoms with van der Waals surface area (Å²) in [6, 6.07) is 10.1. The number of rotatable bonds is 7. The zero-order chi connectivity index (χ0) is 23.5. The molecule has 0 amide bonds. The van der Waals surface area contributed by atoms with E-state index in [2.05, 4.69) is 15.5 Å². The molecule has 0 saturated carbocycles. The summed E-state index contributed by atoms with van der Waals surface area (Å²) in [4.78, 5) is 6.37. The fraction of sp³-hybridized carbons (Fsp3) is 0.261. The summed E-state index contributed by atoms with van der Waals surface area (Å²) >= 11 is 5.56. The molecule has 7 nitrogen and oxygen atoms in total. The Hall–Kier alpha value is -3.37. The predicted molar refractivity (Wildman–Crippen MR) is 122 cm³/mol. The minimum absolute atomic E-state index is 0.117. The van der Waals surface area contributed by atoms with E-state index >= 15 is 0 Å². The highest BCUT2D eigenvalue weighted by molar-refractivity contribution is 7.80. The van der Waals surface area contributed by atoms with E-state index in [1.54, 1.807) is 25.3 Å². The first-order valence-corrected chi connectivity index (χ1v) is 10.5. The van der Waals surface area contributed by atoms with E-state index < -0.39 is 11.9 Å². The average molecular weight is 473 g/mol. The number of aromatic nitrogens is 2. The maximum absolute atomic E-state index is 14.2. The Labute approximate surface area is 195 Å². The standard InChI is InChI=1S/C23H22F2N4O3S/c1-13-19(22-27-21(28-32-22)15-7-8-18(31-3)17(25)12-15)20(14-5-4-6-16(24)11-14)26-23(33)29(13)9-10-30-2/h4-8,11-12,20H,9-10H2,1-3H3,(H,26,33). The Morgan fingerprint density at radius 2 is 2.00 bits per heavy atom. The maximum Gasteiger partial charge on any atom is 0.258 e. The minimum atomic E-state index is -0.537. The molecule has 33 heavy (non-hydrogen) atoms. The van der Waals surface area contributed by atoms with Gasteiger partial charge in [-0.25, -0.2) is 8.78 Å². The Balaban J connectivity index is 1.79. The van der Waals surface area contributed by atoms with Crippen LogP contribution < -0.4 is 10.1 Å². The number of ether oxygens (including phenoxy) is 2. The van der Waals surface area contributed by atoms with Gasteiger partial charge in [0.25, 0.3) is 5.89 Å². The number of benzene rings is 2. The highest BCUT2D eigenvalue weighted by atomic mass is 32.1. The third kappa shape index (κ3) is 4.57. The summed E-state index contributed by atoms with van der Waals surface area (Å²) in [5, 5.41) is 7.75. The van der Waals surface area contributed by atoms with Crippen LogP contribution in [0.5, 0.6) is 5.75 Å². The molecule has 10 heteroatoms. The van der Waals surface area contributed by atoms with Gasteiger partial charge in [-0.1, -0.05) is 17.3 Å². The molecule has 1 aromatic heterocycles. The predicted octanol–water partition coefficient (Wildman–Crippen LogP) is 4.33. The second kappa shape index (κ2) is 9.63. The van der Waals surface area contributed by atoms with Crippen molar-refractivity contribution in [2.24, 2.45) is 0 Å². The van der Waals surface area contributed by atoms with E-state index in [1.807, 2.05) is 11.8 Å². The van der Waals surface area contributed by atoms with Crippen molar-refractivity contribution in [3.8, 4) is 17.1 Å². The van der Waals surface area contributed by atoms with E-state index in [9.17, 15) is 8.78 Å². The van der Waals surface area contributed by atoms with Gasteiger partial charge in [-0.15, -0.1) is 0 Å². The van der Waals surface area contributed by atoms with Gasteiger partial charge in [0.15, 0.2) is 16.7 Å². The van der Waals surface area contributed by atoms with Gasteiger partial charge in [0.2, 0.25) is 5.82 Å². The molecule has 0 radical (unpaired) electrons. The molecule has 0 saturated heterocycles. The number of nitrogens with zero attached hydrogens (tertiary/aromatic N) is 3. The van der Waals surface area contributed by atoms with Gasteiger partial charge in [-0.2, -0.15) is 4.98 Å². The summed E-state index contributed by atoms with van der Waals surface area (Å²) in [6.45, 7) is 2.82. The number of methoxy groups -OCH3 is 2. The molecule has 0 fully saturated rings. The van der Waals surface area contributed by atoms with Crippen molar-refractivity contribution in [2.75, 3.05) is 27.4 Å². The van der Waals surface area contributed by atoms with Crippen LogP contribution in [0.25, 0.3) is 17.0 Å². The first-order chi connectivity index (χ1) is 15.9. The minimum Gasteiger partial charge on any atom is -0.494 e. The van der Waals surface area contributed by atoms with Crippen LogP contribution in [0.1, 0.15) is 24.4 Å². The van der Waals surface area contributed by atoms with Gasteiger partial charge in [0.1, 0.15) is 5.82 Å². The average Bonchev–Trinajstić information content (AvgIpc) is 3.28. The normalized spacial score (nSPS) is 16.2. The highest BCUT2D eigenvalue weighted by Gasteiger charge is 2.34. The lowest BCUT2D eigenvalue weighted by Gasteiger charge is -2.37. The van der Waals surface area contributed by atoms with Gasteiger partial charge >= 0.3 is 0 Å². The summed E-state index contributed by atoms with van der Waals surface area (Å²) in [5.74, 6) is -0.374. The second-order valence-corrected chi connectivity index (χ2v) is 7.74. The molecule has 1 atom stereocenters. The fourth-order valence-electron chi connectivity index (χ4n) is 3.70. The number of halogens is 2. The van der Waals surface area contributed by atoms with E-state index in [-0.39, 0.29) is 23.3 Å². The molecule has 2 heterocycles. The Morgan fingerprint density at radius 3 is 2.70 bits per heavy atom. The van der Waals surface area contributed by atoms with Gasteiger partial charge in [0, 0.05) is 24.9 Å². The molecule has 1 N–H and O–H groups in total. The zero-order valence-electron chi connectivity index (χ0n) is 18.3. The van der Waals surface area contributed by atoms with Crippen molar-refractivity contribution in [3.05, 3.63) is 71.3 Å². The Kier molecular flexibility index (Phi) is 6.66. The number of thiocarbonyl (C=S) groups is 1. The van der Waals surface area contributed by atoms with Crippen LogP contribution >= 0.6 is 12.2 Å². The van der Waals surface area contributed by atoms with E-state index in [1.165, 1.54) is 31.4 Å². The molecule has 1 aliphatic rings. The lowest BCUT2D eigenvalue weighted by atomic mass is 9.94. The topological polar surface area (TPSA) is 72.7 Å². The number of allylic oxidation sites excluding steroid dienone is 1. The van der Waals surface area contributed by atoms with Crippen LogP contribution in [-0.4, -0.2) is 47.5 Å². The molecule has 3 aromatic rings. The third-order valence-corrected chi connectivity index (χ3v) is 5.70. The SMILES string of the molecule is COCCN1C(=S)NC(c2cccc(F)c2)C(c2nc(-c3ccc(OC)c(F)c3)no2)=C1C. The zero-order valence-corrected chi connectivity index (χ0v) is 19.1. The van der Waals surface area contributed by atoms with E-state index in [4.69, 9.17) is 26.2 Å². The van der Waals surface area contributed by atoms with Crippen molar-refractivity contribution >= 4 is 22.9 Å². The van der Waals surface area contributed by atoms with Gasteiger partial charge < -0.3 is 24.2 Å². The van der Waals surface area contributed by atoms with Crippen LogP contribution in [0.2, 0.25) is 0 Å². The molecule has 0 bridgehead atoms. The van der Waals surface area contributed by atoms with E-state index in [0.29, 0.717) is 35.0 Å². The van der Waals surface area contributed by atoms with Crippen molar-refractivity contribution in [1.29, 1.82) is 0 Å². The van der Waals surface area contributed by atoms with E-state index in [0.717, 1.165) is 5.70 Å². The molecule has 172 valence electrons. The number of hydrogen-bond acceptors (Lipinski definition) is 6. The van der Waals surface area contributed by atoms with Gasteiger partial charge in [0.05, 0.1) is 25.3 Å². The van der Waals surface area contributed by atoms with Crippen LogP contribution in [0.15, 0.2) is 52.7 Å². The molecule has 2 aromatic carbocycles. The van der Waals surface area contributed by atoms with Crippen molar-refractivity contribution in [2.45, 2.75) is 13.0 Å². The molecular weight excluding hydrogens is 450 g/mol. The van der Waals surface area contributed by atoms with Crippen LogP contribution in [-0.2, 0) is 4.74 Å². The summed E-state index contributed by atoms with van der Waals surface area (Å²) in [5.41, 5.74) is 2.48. The Morgan fingerprint density at radius 1 is 1.18 bits per heavy atom.